The minimum atomic E-state index is -1.15. The van der Waals surface area contributed by atoms with Gasteiger partial charge >= 0.3 is 5.97 Å². The van der Waals surface area contributed by atoms with Crippen LogP contribution < -0.4 is 10.6 Å². The van der Waals surface area contributed by atoms with Crippen molar-refractivity contribution in [1.82, 2.24) is 5.32 Å². The molecule has 8 heteroatoms. The monoisotopic (exact) mass is 432 g/mol. The third kappa shape index (κ3) is 4.81. The molecule has 0 atom stereocenters. The highest BCUT2D eigenvalue weighted by atomic mass is 16.4. The van der Waals surface area contributed by atoms with Crippen molar-refractivity contribution in [3.63, 3.8) is 0 Å². The summed E-state index contributed by atoms with van der Waals surface area (Å²) < 4.78 is 0. The van der Waals surface area contributed by atoms with Crippen LogP contribution in [0, 0.1) is 0 Å². The van der Waals surface area contributed by atoms with E-state index in [0.29, 0.717) is 22.3 Å². The number of amides is 2. The Balaban J connectivity index is 2.33. The van der Waals surface area contributed by atoms with Gasteiger partial charge in [-0.25, -0.2) is 4.79 Å². The summed E-state index contributed by atoms with van der Waals surface area (Å²) in [6.07, 6.45) is 4.26. The van der Waals surface area contributed by atoms with Crippen molar-refractivity contribution in [2.24, 2.45) is 0 Å². The van der Waals surface area contributed by atoms with Gasteiger partial charge in [0.25, 0.3) is 0 Å². The first-order valence-corrected chi connectivity index (χ1v) is 9.57. The van der Waals surface area contributed by atoms with E-state index < -0.39 is 23.6 Å². The fourth-order valence-corrected chi connectivity index (χ4v) is 3.32. The summed E-state index contributed by atoms with van der Waals surface area (Å²) in [6.45, 7) is 2.57. The maximum atomic E-state index is 12.2. The molecular weight excluding hydrogens is 412 g/mol. The van der Waals surface area contributed by atoms with Crippen molar-refractivity contribution in [1.29, 1.82) is 0 Å². The van der Waals surface area contributed by atoms with Gasteiger partial charge in [0, 0.05) is 13.8 Å². The predicted octanol–water partition coefficient (Wildman–Crippen LogP) is 3.01. The molecule has 0 saturated carbocycles. The molecule has 0 fully saturated rings. The summed E-state index contributed by atoms with van der Waals surface area (Å²) in [5.74, 6) is -2.54. The second-order valence-electron chi connectivity index (χ2n) is 7.03. The van der Waals surface area contributed by atoms with Crippen LogP contribution in [0.15, 0.2) is 72.0 Å². The Labute approximate surface area is 183 Å². The van der Waals surface area contributed by atoms with Crippen LogP contribution in [-0.4, -0.2) is 33.8 Å². The quantitative estimate of drug-likeness (QED) is 0.537. The van der Waals surface area contributed by atoms with Crippen molar-refractivity contribution in [2.45, 2.75) is 13.8 Å². The Morgan fingerprint density at radius 2 is 1.53 bits per heavy atom. The fourth-order valence-electron chi connectivity index (χ4n) is 3.32. The highest BCUT2D eigenvalue weighted by Gasteiger charge is 2.21. The molecule has 1 aliphatic carbocycles. The van der Waals surface area contributed by atoms with Crippen LogP contribution in [0.2, 0.25) is 0 Å². The summed E-state index contributed by atoms with van der Waals surface area (Å²) >= 11 is 0. The van der Waals surface area contributed by atoms with E-state index in [4.69, 9.17) is 0 Å². The number of carbonyl (C=O) groups excluding carboxylic acids is 3. The van der Waals surface area contributed by atoms with Gasteiger partial charge in [-0.3, -0.25) is 14.4 Å². The molecule has 2 amide bonds. The number of phenols is 1. The zero-order chi connectivity index (χ0) is 23.4. The van der Waals surface area contributed by atoms with Crippen molar-refractivity contribution < 1.29 is 29.4 Å². The van der Waals surface area contributed by atoms with Crippen LogP contribution in [0.25, 0.3) is 5.57 Å². The molecule has 2 aromatic carbocycles. The Kier molecular flexibility index (Phi) is 6.34. The van der Waals surface area contributed by atoms with Gasteiger partial charge in [0.1, 0.15) is 5.75 Å². The second kappa shape index (κ2) is 9.13. The molecule has 0 radical (unpaired) electrons. The molecule has 4 N–H and O–H groups in total. The second-order valence-corrected chi connectivity index (χ2v) is 7.03. The van der Waals surface area contributed by atoms with E-state index in [1.165, 1.54) is 50.3 Å². The topological polar surface area (TPSA) is 133 Å². The minimum Gasteiger partial charge on any atom is -0.506 e. The number of rotatable bonds is 5. The highest BCUT2D eigenvalue weighted by Crippen LogP contribution is 2.36. The first-order chi connectivity index (χ1) is 15.2. The molecule has 8 nitrogen and oxygen atoms in total. The number of carboxylic acids is 1. The number of hydrogen-bond donors (Lipinski definition) is 4. The number of benzene rings is 2. The lowest BCUT2D eigenvalue weighted by Gasteiger charge is -2.18. The SMILES string of the molecule is CC(=O)NC1=C/C(=C(/c2ccc(O)c(NC(C)=O)c2)c2ccccc2C(=O)O)C=CC1=O. The van der Waals surface area contributed by atoms with Crippen molar-refractivity contribution in [3.8, 4) is 5.75 Å². The highest BCUT2D eigenvalue weighted by molar-refractivity contribution is 6.09. The summed E-state index contributed by atoms with van der Waals surface area (Å²) in [5, 5.41) is 24.9. The molecule has 32 heavy (non-hydrogen) atoms. The molecule has 1 aliphatic rings. The van der Waals surface area contributed by atoms with Crippen LogP contribution in [0.5, 0.6) is 5.75 Å². The lowest BCUT2D eigenvalue weighted by atomic mass is 9.87. The van der Waals surface area contributed by atoms with Gasteiger partial charge in [-0.15, -0.1) is 0 Å². The van der Waals surface area contributed by atoms with Crippen molar-refractivity contribution >= 4 is 34.8 Å². The van der Waals surface area contributed by atoms with E-state index in [9.17, 15) is 29.4 Å². The van der Waals surface area contributed by atoms with Gasteiger partial charge in [-0.1, -0.05) is 30.3 Å². The van der Waals surface area contributed by atoms with Crippen LogP contribution in [-0.2, 0) is 14.4 Å². The number of aromatic hydroxyl groups is 1. The predicted molar refractivity (Wildman–Crippen MR) is 118 cm³/mol. The normalized spacial score (nSPS) is 14.4. The standard InChI is InChI=1S/C24H20N2O6/c1-13(27)25-19-11-15(7-9-21(19)29)23(17-5-3-4-6-18(17)24(31)32)16-8-10-22(30)20(12-16)26-14(2)28/h3-12,29H,1-2H3,(H,25,27)(H,26,28)(H,31,32)/b23-16-. The van der Waals surface area contributed by atoms with E-state index in [2.05, 4.69) is 10.6 Å². The number of allylic oxidation sites excluding steroid dienone is 4. The summed E-state index contributed by atoms with van der Waals surface area (Å²) in [6, 6.07) is 10.8. The molecule has 0 spiro atoms. The molecule has 0 unspecified atom stereocenters. The first-order valence-electron chi connectivity index (χ1n) is 9.57. The zero-order valence-electron chi connectivity index (χ0n) is 17.3. The number of carboxylic acid groups (broad SMARTS) is 1. The Morgan fingerprint density at radius 3 is 2.16 bits per heavy atom. The van der Waals surface area contributed by atoms with Crippen molar-refractivity contribution in [2.75, 3.05) is 5.32 Å². The Morgan fingerprint density at radius 1 is 0.875 bits per heavy atom. The van der Waals surface area contributed by atoms with Gasteiger partial charge in [-0.05, 0) is 52.6 Å². The van der Waals surface area contributed by atoms with Gasteiger partial charge in [0.05, 0.1) is 16.9 Å². The number of anilines is 1. The van der Waals surface area contributed by atoms with Gasteiger partial charge in [-0.2, -0.15) is 0 Å². The molecule has 0 aliphatic heterocycles. The van der Waals surface area contributed by atoms with E-state index in [1.54, 1.807) is 24.3 Å². The zero-order valence-corrected chi connectivity index (χ0v) is 17.3. The lowest BCUT2D eigenvalue weighted by Crippen LogP contribution is -2.25. The largest absolute Gasteiger partial charge is 0.506 e. The van der Waals surface area contributed by atoms with Crippen LogP contribution in [0.1, 0.15) is 35.3 Å². The van der Waals surface area contributed by atoms with Crippen LogP contribution >= 0.6 is 0 Å². The van der Waals surface area contributed by atoms with E-state index in [-0.39, 0.29) is 22.7 Å². The van der Waals surface area contributed by atoms with Gasteiger partial charge in [0.2, 0.25) is 17.6 Å². The van der Waals surface area contributed by atoms with Gasteiger partial charge in [0.15, 0.2) is 0 Å². The molecule has 162 valence electrons. The summed E-state index contributed by atoms with van der Waals surface area (Å²) in [5.41, 5.74) is 1.93. The Bertz CT molecular complexity index is 1240. The minimum absolute atomic E-state index is 0.0175. The molecule has 0 saturated heterocycles. The Hall–Kier alpha value is -4.46. The number of hydrogen-bond acceptors (Lipinski definition) is 5. The smallest absolute Gasteiger partial charge is 0.336 e. The molecule has 3 rings (SSSR count). The summed E-state index contributed by atoms with van der Waals surface area (Å²) in [7, 11) is 0. The van der Waals surface area contributed by atoms with Crippen molar-refractivity contribution in [3.05, 3.63) is 88.7 Å². The van der Waals surface area contributed by atoms with E-state index in [0.717, 1.165) is 0 Å². The first kappa shape index (κ1) is 22.2. The van der Waals surface area contributed by atoms with Crippen LogP contribution in [0.3, 0.4) is 0 Å². The number of aromatic carboxylic acids is 1. The third-order valence-electron chi connectivity index (χ3n) is 4.60. The maximum Gasteiger partial charge on any atom is 0.336 e. The fraction of sp³-hybridized carbons (Fsp3) is 0.0833. The number of carbonyl (C=O) groups is 4. The number of nitrogens with one attached hydrogen (secondary N) is 2. The maximum absolute atomic E-state index is 12.2. The molecular formula is C24H20N2O6. The third-order valence-corrected chi connectivity index (χ3v) is 4.60. The molecule has 0 aromatic heterocycles. The average molecular weight is 432 g/mol. The number of phenolic OH excluding ortho intramolecular Hbond substituents is 1. The lowest BCUT2D eigenvalue weighted by molar-refractivity contribution is -0.120. The molecule has 0 bridgehead atoms. The van der Waals surface area contributed by atoms with E-state index in [1.807, 2.05) is 0 Å². The average Bonchev–Trinajstić information content (AvgIpc) is 2.72. The van der Waals surface area contributed by atoms with E-state index >= 15 is 0 Å². The summed E-state index contributed by atoms with van der Waals surface area (Å²) in [4.78, 5) is 47.1. The number of ketones is 1. The van der Waals surface area contributed by atoms with Gasteiger partial charge < -0.3 is 20.8 Å². The molecule has 0 heterocycles. The molecule has 2 aromatic rings. The van der Waals surface area contributed by atoms with Crippen LogP contribution in [0.4, 0.5) is 5.69 Å².